The highest BCUT2D eigenvalue weighted by atomic mass is 16.3. The SMILES string of the molecule is CC(=O)[C@H]1CC[C@H]2[C@@H]3CCC4=CC(=O)C(CO)=C[C@]4(C)[C@H]3CC[C@]12C. The average Bonchev–Trinajstić information content (AvgIpc) is 2.92. The molecule has 136 valence electrons. The van der Waals surface area contributed by atoms with Gasteiger partial charge in [0.25, 0.3) is 0 Å². The Kier molecular flexibility index (Phi) is 3.88. The van der Waals surface area contributed by atoms with Crippen LogP contribution < -0.4 is 0 Å². The quantitative estimate of drug-likeness (QED) is 0.829. The van der Waals surface area contributed by atoms with Crippen molar-refractivity contribution in [3.63, 3.8) is 0 Å². The molecular formula is C22H30O3. The van der Waals surface area contributed by atoms with E-state index in [1.165, 1.54) is 12.0 Å². The summed E-state index contributed by atoms with van der Waals surface area (Å²) < 4.78 is 0. The third-order valence-electron chi connectivity index (χ3n) is 8.40. The van der Waals surface area contributed by atoms with Gasteiger partial charge < -0.3 is 5.11 Å². The van der Waals surface area contributed by atoms with E-state index in [0.717, 1.165) is 32.1 Å². The van der Waals surface area contributed by atoms with Crippen molar-refractivity contribution in [1.82, 2.24) is 0 Å². The van der Waals surface area contributed by atoms with Gasteiger partial charge in [0.2, 0.25) is 0 Å². The summed E-state index contributed by atoms with van der Waals surface area (Å²) in [6.07, 6.45) is 10.5. The second-order valence-electron chi connectivity index (χ2n) is 9.34. The Labute approximate surface area is 150 Å². The molecule has 0 unspecified atom stereocenters. The molecule has 1 N–H and O–H groups in total. The lowest BCUT2D eigenvalue weighted by atomic mass is 9.47. The van der Waals surface area contributed by atoms with Gasteiger partial charge in [-0.05, 0) is 74.7 Å². The minimum atomic E-state index is -0.164. The number of aliphatic hydroxyl groups excluding tert-OH is 1. The Morgan fingerprint density at radius 3 is 2.64 bits per heavy atom. The van der Waals surface area contributed by atoms with Crippen molar-refractivity contribution < 1.29 is 14.7 Å². The fourth-order valence-corrected chi connectivity index (χ4v) is 7.17. The van der Waals surface area contributed by atoms with Crippen molar-refractivity contribution >= 4 is 11.6 Å². The molecular weight excluding hydrogens is 312 g/mol. The number of ketones is 2. The van der Waals surface area contributed by atoms with Gasteiger partial charge in [-0.1, -0.05) is 25.5 Å². The van der Waals surface area contributed by atoms with E-state index >= 15 is 0 Å². The van der Waals surface area contributed by atoms with E-state index in [2.05, 4.69) is 19.9 Å². The van der Waals surface area contributed by atoms with Crippen LogP contribution in [-0.4, -0.2) is 23.3 Å². The summed E-state index contributed by atoms with van der Waals surface area (Å²) in [5, 5.41) is 9.59. The molecule has 0 amide bonds. The van der Waals surface area contributed by atoms with Crippen molar-refractivity contribution in [3.05, 3.63) is 23.3 Å². The first-order valence-corrected chi connectivity index (χ1v) is 9.89. The Balaban J connectivity index is 1.70. The van der Waals surface area contributed by atoms with E-state index in [-0.39, 0.29) is 29.1 Å². The standard InChI is InChI=1S/C22H30O3/c1-13(24)17-6-7-18-16-5-4-15-10-20(25)14(12-23)11-22(15,3)19(16)8-9-21(17,18)2/h10-11,16-19,23H,4-9,12H2,1-3H3/t16-,17+,18-,19-,21+,22-/m0/s1. The molecule has 4 aliphatic rings. The summed E-state index contributed by atoms with van der Waals surface area (Å²) in [6.45, 7) is 6.25. The molecule has 3 fully saturated rings. The Morgan fingerprint density at radius 2 is 1.96 bits per heavy atom. The zero-order valence-corrected chi connectivity index (χ0v) is 15.7. The van der Waals surface area contributed by atoms with Gasteiger partial charge in [-0.15, -0.1) is 0 Å². The average molecular weight is 342 g/mol. The van der Waals surface area contributed by atoms with Gasteiger partial charge in [0, 0.05) is 16.9 Å². The lowest BCUT2D eigenvalue weighted by Crippen LogP contribution is -2.50. The van der Waals surface area contributed by atoms with Gasteiger partial charge in [-0.3, -0.25) is 9.59 Å². The lowest BCUT2D eigenvalue weighted by molar-refractivity contribution is -0.127. The molecule has 0 heterocycles. The molecule has 3 nitrogen and oxygen atoms in total. The number of allylic oxidation sites excluding steroid dienone is 3. The van der Waals surface area contributed by atoms with E-state index in [1.807, 2.05) is 6.08 Å². The number of hydrogen-bond acceptors (Lipinski definition) is 3. The Hall–Kier alpha value is -1.22. The summed E-state index contributed by atoms with van der Waals surface area (Å²) in [6, 6.07) is 0. The lowest BCUT2D eigenvalue weighted by Gasteiger charge is -2.57. The van der Waals surface area contributed by atoms with Crippen molar-refractivity contribution in [1.29, 1.82) is 0 Å². The van der Waals surface area contributed by atoms with E-state index in [9.17, 15) is 14.7 Å². The van der Waals surface area contributed by atoms with Crippen LogP contribution >= 0.6 is 0 Å². The number of hydrogen-bond donors (Lipinski definition) is 1. The molecule has 25 heavy (non-hydrogen) atoms. The molecule has 0 aromatic rings. The molecule has 0 aromatic carbocycles. The third-order valence-corrected chi connectivity index (χ3v) is 8.40. The van der Waals surface area contributed by atoms with Gasteiger partial charge in [-0.25, -0.2) is 0 Å². The summed E-state index contributed by atoms with van der Waals surface area (Å²) >= 11 is 0. The van der Waals surface area contributed by atoms with Crippen molar-refractivity contribution in [2.24, 2.45) is 34.5 Å². The highest BCUT2D eigenvalue weighted by molar-refractivity contribution is 6.06. The number of Topliss-reactive ketones (excluding diaryl/α,β-unsaturated/α-hetero) is 1. The molecule has 3 saturated carbocycles. The molecule has 3 heteroatoms. The predicted molar refractivity (Wildman–Crippen MR) is 96.8 cm³/mol. The van der Waals surface area contributed by atoms with E-state index < -0.39 is 0 Å². The molecule has 0 aromatic heterocycles. The van der Waals surface area contributed by atoms with Crippen molar-refractivity contribution in [2.75, 3.05) is 6.61 Å². The summed E-state index contributed by atoms with van der Waals surface area (Å²) in [5.74, 6) is 2.39. The first kappa shape index (κ1) is 17.2. The van der Waals surface area contributed by atoms with Crippen LogP contribution in [0.1, 0.15) is 59.3 Å². The highest BCUT2D eigenvalue weighted by Crippen LogP contribution is 2.66. The van der Waals surface area contributed by atoms with E-state index in [0.29, 0.717) is 29.1 Å². The van der Waals surface area contributed by atoms with Crippen molar-refractivity contribution in [2.45, 2.75) is 59.3 Å². The fourth-order valence-electron chi connectivity index (χ4n) is 7.17. The third kappa shape index (κ3) is 2.27. The molecule has 0 aliphatic heterocycles. The number of rotatable bonds is 2. The zero-order chi connectivity index (χ0) is 18.0. The minimum Gasteiger partial charge on any atom is -0.392 e. The second kappa shape index (κ2) is 5.64. The van der Waals surface area contributed by atoms with Gasteiger partial charge in [0.05, 0.1) is 6.61 Å². The number of aliphatic hydroxyl groups is 1. The van der Waals surface area contributed by atoms with Crippen LogP contribution in [0.5, 0.6) is 0 Å². The first-order valence-electron chi connectivity index (χ1n) is 9.89. The monoisotopic (exact) mass is 342 g/mol. The molecule has 0 saturated heterocycles. The van der Waals surface area contributed by atoms with Crippen LogP contribution in [0, 0.1) is 34.5 Å². The van der Waals surface area contributed by atoms with Crippen LogP contribution in [0.3, 0.4) is 0 Å². The van der Waals surface area contributed by atoms with Crippen LogP contribution in [0.15, 0.2) is 23.3 Å². The van der Waals surface area contributed by atoms with Crippen LogP contribution in [0.4, 0.5) is 0 Å². The maximum absolute atomic E-state index is 12.2. The molecule has 4 aliphatic carbocycles. The number of carbonyl (C=O) groups excluding carboxylic acids is 2. The van der Waals surface area contributed by atoms with Gasteiger partial charge >= 0.3 is 0 Å². The molecule has 4 rings (SSSR count). The summed E-state index contributed by atoms with van der Waals surface area (Å²) in [4.78, 5) is 24.4. The maximum Gasteiger partial charge on any atom is 0.183 e. The van der Waals surface area contributed by atoms with Gasteiger partial charge in [-0.2, -0.15) is 0 Å². The maximum atomic E-state index is 12.2. The van der Waals surface area contributed by atoms with Crippen molar-refractivity contribution in [3.8, 4) is 0 Å². The zero-order valence-electron chi connectivity index (χ0n) is 15.7. The van der Waals surface area contributed by atoms with Crippen LogP contribution in [-0.2, 0) is 9.59 Å². The summed E-state index contributed by atoms with van der Waals surface area (Å²) in [5.41, 5.74) is 1.90. The number of fused-ring (bicyclic) bond motifs is 5. The normalized spacial score (nSPS) is 45.8. The van der Waals surface area contributed by atoms with E-state index in [4.69, 9.17) is 0 Å². The van der Waals surface area contributed by atoms with Crippen LogP contribution in [0.25, 0.3) is 0 Å². The molecule has 6 atom stereocenters. The first-order chi connectivity index (χ1) is 11.8. The largest absolute Gasteiger partial charge is 0.392 e. The molecule has 0 radical (unpaired) electrons. The Bertz CT molecular complexity index is 687. The fraction of sp³-hybridized carbons (Fsp3) is 0.727. The molecule has 0 spiro atoms. The predicted octanol–water partition coefficient (Wildman–Crippen LogP) is 3.86. The topological polar surface area (TPSA) is 54.4 Å². The Morgan fingerprint density at radius 1 is 1.20 bits per heavy atom. The smallest absolute Gasteiger partial charge is 0.183 e. The number of carbonyl (C=O) groups is 2. The molecule has 0 bridgehead atoms. The van der Waals surface area contributed by atoms with E-state index in [1.54, 1.807) is 6.92 Å². The highest BCUT2D eigenvalue weighted by Gasteiger charge is 2.59. The van der Waals surface area contributed by atoms with Crippen LogP contribution in [0.2, 0.25) is 0 Å². The van der Waals surface area contributed by atoms with Gasteiger partial charge in [0.1, 0.15) is 5.78 Å². The summed E-state index contributed by atoms with van der Waals surface area (Å²) in [7, 11) is 0. The van der Waals surface area contributed by atoms with Gasteiger partial charge in [0.15, 0.2) is 5.78 Å². The minimum absolute atomic E-state index is 0.00779. The second-order valence-corrected chi connectivity index (χ2v) is 9.34.